The van der Waals surface area contributed by atoms with Crippen molar-refractivity contribution in [3.8, 4) is 17.2 Å². The van der Waals surface area contributed by atoms with E-state index in [4.69, 9.17) is 9.47 Å². The fraction of sp³-hybridized carbons (Fsp3) is 0.333. The van der Waals surface area contributed by atoms with Crippen molar-refractivity contribution in [2.75, 3.05) is 6.54 Å². The monoisotopic (exact) mass is 285 g/mol. The maximum absolute atomic E-state index is 5.90. The van der Waals surface area contributed by atoms with Crippen molar-refractivity contribution in [2.24, 2.45) is 0 Å². The third-order valence-electron chi connectivity index (χ3n) is 2.94. The van der Waals surface area contributed by atoms with E-state index in [-0.39, 0.29) is 6.10 Å². The minimum absolute atomic E-state index is 0.111. The van der Waals surface area contributed by atoms with Crippen molar-refractivity contribution in [3.63, 3.8) is 0 Å². The predicted octanol–water partition coefficient (Wildman–Crippen LogP) is 4.24. The Morgan fingerprint density at radius 1 is 0.857 bits per heavy atom. The third kappa shape index (κ3) is 5.48. The molecule has 112 valence electrons. The number of hydrogen-bond donors (Lipinski definition) is 1. The van der Waals surface area contributed by atoms with E-state index in [1.165, 1.54) is 0 Å². The van der Waals surface area contributed by atoms with E-state index in [0.717, 1.165) is 23.8 Å². The van der Waals surface area contributed by atoms with Gasteiger partial charge in [0.1, 0.15) is 23.4 Å². The van der Waals surface area contributed by atoms with Gasteiger partial charge in [-0.1, -0.05) is 38.1 Å². The Hall–Kier alpha value is -2.00. The van der Waals surface area contributed by atoms with Crippen LogP contribution in [0.4, 0.5) is 0 Å². The van der Waals surface area contributed by atoms with E-state index in [1.807, 2.05) is 54.6 Å². The van der Waals surface area contributed by atoms with Crippen LogP contribution in [0.2, 0.25) is 0 Å². The zero-order chi connectivity index (χ0) is 15.1. The van der Waals surface area contributed by atoms with Crippen LogP contribution in [-0.2, 0) is 0 Å². The number of ether oxygens (including phenoxy) is 2. The highest BCUT2D eigenvalue weighted by Crippen LogP contribution is 2.25. The summed E-state index contributed by atoms with van der Waals surface area (Å²) in [4.78, 5) is 0. The first kappa shape index (κ1) is 15.4. The van der Waals surface area contributed by atoms with E-state index in [0.29, 0.717) is 6.04 Å². The van der Waals surface area contributed by atoms with Crippen molar-refractivity contribution in [2.45, 2.75) is 32.9 Å². The average Bonchev–Trinajstić information content (AvgIpc) is 2.46. The lowest BCUT2D eigenvalue weighted by molar-refractivity contribution is 0.213. The normalized spacial score (nSPS) is 12.2. The van der Waals surface area contributed by atoms with Crippen LogP contribution in [0.5, 0.6) is 17.2 Å². The van der Waals surface area contributed by atoms with E-state index in [2.05, 4.69) is 26.1 Å². The molecule has 0 aromatic heterocycles. The fourth-order valence-electron chi connectivity index (χ4n) is 1.91. The van der Waals surface area contributed by atoms with Gasteiger partial charge >= 0.3 is 0 Å². The van der Waals surface area contributed by atoms with Crippen LogP contribution < -0.4 is 14.8 Å². The minimum Gasteiger partial charge on any atom is -0.489 e. The molecule has 1 unspecified atom stereocenters. The standard InChI is InChI=1S/C18H23NO2/c1-14(2)19-13-15(3)20-17-10-7-11-18(12-17)21-16-8-5-4-6-9-16/h4-12,14-15,19H,13H2,1-3H3. The molecule has 0 fully saturated rings. The molecule has 3 heteroatoms. The Kier molecular flexibility index (Phi) is 5.64. The molecule has 3 nitrogen and oxygen atoms in total. The molecule has 0 amide bonds. The molecule has 0 saturated carbocycles. The highest BCUT2D eigenvalue weighted by Gasteiger charge is 2.06. The predicted molar refractivity (Wildman–Crippen MR) is 86.2 cm³/mol. The van der Waals surface area contributed by atoms with Gasteiger partial charge in [-0.15, -0.1) is 0 Å². The zero-order valence-corrected chi connectivity index (χ0v) is 12.9. The summed E-state index contributed by atoms with van der Waals surface area (Å²) in [5, 5.41) is 3.36. The highest BCUT2D eigenvalue weighted by atomic mass is 16.5. The summed E-state index contributed by atoms with van der Waals surface area (Å²) in [6.07, 6.45) is 0.111. The van der Waals surface area contributed by atoms with Crippen molar-refractivity contribution in [3.05, 3.63) is 54.6 Å². The topological polar surface area (TPSA) is 30.5 Å². The van der Waals surface area contributed by atoms with E-state index >= 15 is 0 Å². The molecule has 2 aromatic rings. The van der Waals surface area contributed by atoms with Gasteiger partial charge < -0.3 is 14.8 Å². The molecule has 0 bridgehead atoms. The number of nitrogens with one attached hydrogen (secondary N) is 1. The van der Waals surface area contributed by atoms with Gasteiger partial charge in [0.25, 0.3) is 0 Å². The van der Waals surface area contributed by atoms with Crippen LogP contribution in [0.25, 0.3) is 0 Å². The van der Waals surface area contributed by atoms with Crippen LogP contribution in [-0.4, -0.2) is 18.7 Å². The number of benzene rings is 2. The largest absolute Gasteiger partial charge is 0.489 e. The minimum atomic E-state index is 0.111. The second-order valence-electron chi connectivity index (χ2n) is 5.38. The molecule has 0 radical (unpaired) electrons. The van der Waals surface area contributed by atoms with Crippen LogP contribution in [0.1, 0.15) is 20.8 Å². The Morgan fingerprint density at radius 2 is 1.52 bits per heavy atom. The molecule has 0 aliphatic carbocycles. The van der Waals surface area contributed by atoms with Crippen molar-refractivity contribution in [1.82, 2.24) is 5.32 Å². The van der Waals surface area contributed by atoms with Crippen LogP contribution in [0.15, 0.2) is 54.6 Å². The molecular weight excluding hydrogens is 262 g/mol. The van der Waals surface area contributed by atoms with Gasteiger partial charge in [0.2, 0.25) is 0 Å². The molecule has 2 aromatic carbocycles. The van der Waals surface area contributed by atoms with E-state index in [1.54, 1.807) is 0 Å². The highest BCUT2D eigenvalue weighted by molar-refractivity contribution is 5.36. The van der Waals surface area contributed by atoms with Crippen molar-refractivity contribution >= 4 is 0 Å². The number of hydrogen-bond acceptors (Lipinski definition) is 3. The van der Waals surface area contributed by atoms with Crippen LogP contribution in [0.3, 0.4) is 0 Å². The quantitative estimate of drug-likeness (QED) is 0.825. The molecule has 0 saturated heterocycles. The first-order valence-corrected chi connectivity index (χ1v) is 7.36. The van der Waals surface area contributed by atoms with Gasteiger partial charge in [0.15, 0.2) is 0 Å². The summed E-state index contributed by atoms with van der Waals surface area (Å²) in [7, 11) is 0. The van der Waals surface area contributed by atoms with E-state index < -0.39 is 0 Å². The maximum Gasteiger partial charge on any atom is 0.131 e. The second kappa shape index (κ2) is 7.70. The zero-order valence-electron chi connectivity index (χ0n) is 12.9. The van der Waals surface area contributed by atoms with Crippen LogP contribution in [0, 0.1) is 0 Å². The first-order valence-electron chi connectivity index (χ1n) is 7.36. The van der Waals surface area contributed by atoms with Crippen LogP contribution >= 0.6 is 0 Å². The molecular formula is C18H23NO2. The first-order chi connectivity index (χ1) is 10.1. The Balaban J connectivity index is 1.94. The van der Waals surface area contributed by atoms with Gasteiger partial charge in [-0.25, -0.2) is 0 Å². The lowest BCUT2D eigenvalue weighted by atomic mass is 10.3. The Labute approximate surface area is 126 Å². The number of rotatable bonds is 7. The fourth-order valence-corrected chi connectivity index (χ4v) is 1.91. The molecule has 0 aliphatic heterocycles. The Bertz CT molecular complexity index is 540. The maximum atomic E-state index is 5.90. The summed E-state index contributed by atoms with van der Waals surface area (Å²) in [6.45, 7) is 7.13. The molecule has 1 N–H and O–H groups in total. The SMILES string of the molecule is CC(C)NCC(C)Oc1cccc(Oc2ccccc2)c1. The summed E-state index contributed by atoms with van der Waals surface area (Å²) >= 11 is 0. The average molecular weight is 285 g/mol. The molecule has 21 heavy (non-hydrogen) atoms. The molecule has 1 atom stereocenters. The summed E-state index contributed by atoms with van der Waals surface area (Å²) in [5.74, 6) is 2.42. The third-order valence-corrected chi connectivity index (χ3v) is 2.94. The lowest BCUT2D eigenvalue weighted by Crippen LogP contribution is -2.33. The molecule has 0 aliphatic rings. The smallest absolute Gasteiger partial charge is 0.131 e. The summed E-state index contributed by atoms with van der Waals surface area (Å²) < 4.78 is 11.7. The summed E-state index contributed by atoms with van der Waals surface area (Å²) in [5.41, 5.74) is 0. The lowest BCUT2D eigenvalue weighted by Gasteiger charge is -2.17. The van der Waals surface area contributed by atoms with Crippen molar-refractivity contribution in [1.29, 1.82) is 0 Å². The van der Waals surface area contributed by atoms with Gasteiger partial charge in [0.05, 0.1) is 0 Å². The van der Waals surface area contributed by atoms with Gasteiger partial charge in [-0.3, -0.25) is 0 Å². The number of para-hydroxylation sites is 1. The van der Waals surface area contributed by atoms with Gasteiger partial charge in [-0.2, -0.15) is 0 Å². The van der Waals surface area contributed by atoms with E-state index in [9.17, 15) is 0 Å². The van der Waals surface area contributed by atoms with Gasteiger partial charge in [-0.05, 0) is 31.2 Å². The van der Waals surface area contributed by atoms with Gasteiger partial charge in [0, 0.05) is 18.7 Å². The second-order valence-corrected chi connectivity index (χ2v) is 5.38. The molecule has 0 spiro atoms. The van der Waals surface area contributed by atoms with Crippen molar-refractivity contribution < 1.29 is 9.47 Å². The Morgan fingerprint density at radius 3 is 2.24 bits per heavy atom. The summed E-state index contributed by atoms with van der Waals surface area (Å²) in [6, 6.07) is 17.9. The molecule has 2 rings (SSSR count). The molecule has 0 heterocycles.